The molecule has 2 aromatic rings. The van der Waals surface area contributed by atoms with Crippen molar-refractivity contribution in [2.24, 2.45) is 0 Å². The van der Waals surface area contributed by atoms with Crippen LogP contribution in [-0.2, 0) is 16.8 Å². The van der Waals surface area contributed by atoms with Gasteiger partial charge in [0.1, 0.15) is 5.82 Å². The van der Waals surface area contributed by atoms with Crippen molar-refractivity contribution in [3.8, 4) is 0 Å². The van der Waals surface area contributed by atoms with Gasteiger partial charge in [-0.1, -0.05) is 36.4 Å². The molecule has 4 rings (SSSR count). The molecule has 144 valence electrons. The Morgan fingerprint density at radius 1 is 1.19 bits per heavy atom. The monoisotopic (exact) mass is 389 g/mol. The van der Waals surface area contributed by atoms with Crippen LogP contribution in [0.15, 0.2) is 54.6 Å². The third-order valence-electron chi connectivity index (χ3n) is 5.69. The molecule has 5 nitrogen and oxygen atoms in total. The minimum Gasteiger partial charge on any atom is -0.296 e. The molecule has 27 heavy (non-hydrogen) atoms. The quantitative estimate of drug-likeness (QED) is 0.878. The fraction of sp³-hybridized carbons (Fsp3) is 0.400. The van der Waals surface area contributed by atoms with Gasteiger partial charge in [0.25, 0.3) is 0 Å². The summed E-state index contributed by atoms with van der Waals surface area (Å²) >= 11 is 0. The van der Waals surface area contributed by atoms with Crippen molar-refractivity contribution in [2.75, 3.05) is 17.4 Å². The lowest BCUT2D eigenvalue weighted by molar-refractivity contribution is 0.106. The van der Waals surface area contributed by atoms with Crippen molar-refractivity contribution in [3.63, 3.8) is 0 Å². The summed E-state index contributed by atoms with van der Waals surface area (Å²) in [6.07, 6.45) is 1.40. The Kier molecular flexibility index (Phi) is 4.70. The Balaban J connectivity index is 1.59. The van der Waals surface area contributed by atoms with Crippen molar-refractivity contribution < 1.29 is 12.8 Å². The predicted octanol–water partition coefficient (Wildman–Crippen LogP) is 2.90. The molecule has 2 fully saturated rings. The van der Waals surface area contributed by atoms with Crippen LogP contribution in [0.4, 0.5) is 10.1 Å². The van der Waals surface area contributed by atoms with Crippen molar-refractivity contribution in [2.45, 2.75) is 37.9 Å². The summed E-state index contributed by atoms with van der Waals surface area (Å²) in [7, 11) is -3.67. The van der Waals surface area contributed by atoms with Crippen molar-refractivity contribution >= 4 is 15.9 Å². The first kappa shape index (κ1) is 18.4. The Morgan fingerprint density at radius 3 is 2.67 bits per heavy atom. The maximum Gasteiger partial charge on any atom is 0.302 e. The lowest BCUT2D eigenvalue weighted by Crippen LogP contribution is -2.57. The van der Waals surface area contributed by atoms with Crippen LogP contribution in [0.2, 0.25) is 0 Å². The standard InChI is InChI=1S/C20H24FN3O2S/c1-16-13-20(10-11-23(16)14-17-6-3-2-4-7-17)15-22-27(25,26)24(20)19-9-5-8-18(21)12-19/h2-9,12,16,22H,10-11,13-15H2,1H3/t16-,20+/m0/s1. The lowest BCUT2D eigenvalue weighted by Gasteiger charge is -2.47. The molecule has 2 aliphatic rings. The summed E-state index contributed by atoms with van der Waals surface area (Å²) in [5.74, 6) is -0.431. The van der Waals surface area contributed by atoms with Crippen LogP contribution in [0.25, 0.3) is 0 Å². The van der Waals surface area contributed by atoms with Gasteiger partial charge in [-0.2, -0.15) is 13.1 Å². The summed E-state index contributed by atoms with van der Waals surface area (Å²) in [6, 6.07) is 16.3. The molecule has 0 bridgehead atoms. The van der Waals surface area contributed by atoms with Crippen molar-refractivity contribution in [3.05, 3.63) is 66.0 Å². The highest BCUT2D eigenvalue weighted by Gasteiger charge is 2.52. The number of likely N-dealkylation sites (tertiary alicyclic amines) is 1. The molecule has 7 heteroatoms. The summed E-state index contributed by atoms with van der Waals surface area (Å²) in [4.78, 5) is 2.38. The molecule has 2 aromatic carbocycles. The third-order valence-corrected chi connectivity index (χ3v) is 7.28. The molecule has 0 aliphatic carbocycles. The summed E-state index contributed by atoms with van der Waals surface area (Å²) in [5, 5.41) is 0. The van der Waals surface area contributed by atoms with E-state index < -0.39 is 21.6 Å². The van der Waals surface area contributed by atoms with E-state index in [1.54, 1.807) is 12.1 Å². The van der Waals surface area contributed by atoms with Gasteiger partial charge in [-0.25, -0.2) is 4.39 Å². The SMILES string of the molecule is C[C@H]1C[C@]2(CCN1Cc1ccccc1)CNS(=O)(=O)N2c1cccc(F)c1. The molecule has 1 spiro atoms. The molecule has 0 saturated carbocycles. The molecule has 0 radical (unpaired) electrons. The second-order valence-electron chi connectivity index (χ2n) is 7.55. The molecule has 2 saturated heterocycles. The molecule has 1 N–H and O–H groups in total. The van der Waals surface area contributed by atoms with Gasteiger partial charge in [-0.05, 0) is 43.5 Å². The number of hydrogen-bond donors (Lipinski definition) is 1. The number of rotatable bonds is 3. The van der Waals surface area contributed by atoms with Crippen LogP contribution in [0.5, 0.6) is 0 Å². The fourth-order valence-electron chi connectivity index (χ4n) is 4.38. The number of piperidine rings is 1. The van der Waals surface area contributed by atoms with E-state index in [1.807, 2.05) is 18.2 Å². The zero-order chi connectivity index (χ0) is 19.1. The second-order valence-corrected chi connectivity index (χ2v) is 9.16. The molecule has 0 unspecified atom stereocenters. The molecule has 2 atom stereocenters. The number of nitrogens with one attached hydrogen (secondary N) is 1. The van der Waals surface area contributed by atoms with E-state index in [4.69, 9.17) is 0 Å². The van der Waals surface area contributed by atoms with Gasteiger partial charge in [-0.15, -0.1) is 0 Å². The van der Waals surface area contributed by atoms with Gasteiger partial charge < -0.3 is 0 Å². The highest BCUT2D eigenvalue weighted by molar-refractivity contribution is 7.91. The molecule has 0 aromatic heterocycles. The van der Waals surface area contributed by atoms with Crippen molar-refractivity contribution in [1.82, 2.24) is 9.62 Å². The van der Waals surface area contributed by atoms with E-state index in [2.05, 4.69) is 28.7 Å². The minimum absolute atomic E-state index is 0.213. The zero-order valence-corrected chi connectivity index (χ0v) is 16.1. The van der Waals surface area contributed by atoms with Crippen LogP contribution in [0, 0.1) is 5.82 Å². The second kappa shape index (κ2) is 6.89. The highest BCUT2D eigenvalue weighted by atomic mass is 32.2. The minimum atomic E-state index is -3.67. The third kappa shape index (κ3) is 3.47. The molecule has 2 aliphatic heterocycles. The average Bonchev–Trinajstić information content (AvgIpc) is 2.89. The lowest BCUT2D eigenvalue weighted by atomic mass is 9.83. The topological polar surface area (TPSA) is 52.7 Å². The van der Waals surface area contributed by atoms with Crippen LogP contribution >= 0.6 is 0 Å². The Labute approximate surface area is 160 Å². The van der Waals surface area contributed by atoms with E-state index in [-0.39, 0.29) is 6.04 Å². The summed E-state index contributed by atoms with van der Waals surface area (Å²) in [6.45, 7) is 4.13. The maximum atomic E-state index is 13.8. The first-order valence-electron chi connectivity index (χ1n) is 9.23. The van der Waals surface area contributed by atoms with E-state index in [0.29, 0.717) is 25.1 Å². The summed E-state index contributed by atoms with van der Waals surface area (Å²) < 4.78 is 43.3. The molecule has 2 heterocycles. The van der Waals surface area contributed by atoms with E-state index in [9.17, 15) is 12.8 Å². The van der Waals surface area contributed by atoms with E-state index in [1.165, 1.54) is 22.0 Å². The van der Waals surface area contributed by atoms with Gasteiger partial charge >= 0.3 is 10.2 Å². The Bertz CT molecular complexity index is 922. The number of anilines is 1. The van der Waals surface area contributed by atoms with Gasteiger partial charge in [0.15, 0.2) is 0 Å². The zero-order valence-electron chi connectivity index (χ0n) is 15.3. The first-order valence-corrected chi connectivity index (χ1v) is 10.7. The van der Waals surface area contributed by atoms with Gasteiger partial charge in [0.2, 0.25) is 0 Å². The van der Waals surface area contributed by atoms with Crippen LogP contribution in [0.3, 0.4) is 0 Å². The average molecular weight is 389 g/mol. The number of nitrogens with zero attached hydrogens (tertiary/aromatic N) is 2. The Hall–Kier alpha value is -1.96. The van der Waals surface area contributed by atoms with Gasteiger partial charge in [0, 0.05) is 25.7 Å². The Morgan fingerprint density at radius 2 is 1.96 bits per heavy atom. The number of hydrogen-bond acceptors (Lipinski definition) is 3. The highest BCUT2D eigenvalue weighted by Crippen LogP contribution is 2.41. The van der Waals surface area contributed by atoms with E-state index >= 15 is 0 Å². The number of halogens is 1. The van der Waals surface area contributed by atoms with Crippen LogP contribution < -0.4 is 9.03 Å². The summed E-state index contributed by atoms with van der Waals surface area (Å²) in [5.41, 5.74) is 1.09. The fourth-order valence-corrected chi connectivity index (χ4v) is 6.09. The smallest absolute Gasteiger partial charge is 0.296 e. The number of benzene rings is 2. The predicted molar refractivity (Wildman–Crippen MR) is 104 cm³/mol. The van der Waals surface area contributed by atoms with Gasteiger partial charge in [0.05, 0.1) is 11.2 Å². The molecular weight excluding hydrogens is 365 g/mol. The molecule has 0 amide bonds. The van der Waals surface area contributed by atoms with Crippen molar-refractivity contribution in [1.29, 1.82) is 0 Å². The van der Waals surface area contributed by atoms with Gasteiger partial charge in [-0.3, -0.25) is 9.21 Å². The first-order chi connectivity index (χ1) is 12.9. The molecular formula is C20H24FN3O2S. The maximum absolute atomic E-state index is 13.8. The van der Waals surface area contributed by atoms with Crippen LogP contribution in [0.1, 0.15) is 25.3 Å². The van der Waals surface area contributed by atoms with Crippen LogP contribution in [-0.4, -0.2) is 38.0 Å². The van der Waals surface area contributed by atoms with E-state index in [0.717, 1.165) is 13.1 Å². The largest absolute Gasteiger partial charge is 0.302 e. The normalized spacial score (nSPS) is 27.9.